The van der Waals surface area contributed by atoms with E-state index < -0.39 is 5.82 Å². The summed E-state index contributed by atoms with van der Waals surface area (Å²) in [4.78, 5) is 30.6. The molecule has 0 atom stereocenters. The number of hydrogen-bond donors (Lipinski definition) is 0. The van der Waals surface area contributed by atoms with Gasteiger partial charge in [-0.25, -0.2) is 4.39 Å². The van der Waals surface area contributed by atoms with Gasteiger partial charge in [-0.05, 0) is 32.0 Å². The molecular weight excluding hydrogens is 377 g/mol. The molecule has 1 aromatic carbocycles. The smallest absolute Gasteiger partial charge is 0.223 e. The summed E-state index contributed by atoms with van der Waals surface area (Å²) in [5.41, 5.74) is 1.32. The average molecular weight is 399 g/mol. The summed E-state index contributed by atoms with van der Waals surface area (Å²) in [6, 6.07) is 8.39. The van der Waals surface area contributed by atoms with Gasteiger partial charge in [0.2, 0.25) is 5.91 Å². The van der Waals surface area contributed by atoms with E-state index in [2.05, 4.69) is 0 Å². The third-order valence-electron chi connectivity index (χ3n) is 4.98. The number of carbonyl (C=O) groups excluding carboxylic acids is 2. The van der Waals surface area contributed by atoms with Gasteiger partial charge in [-0.1, -0.05) is 6.07 Å². The van der Waals surface area contributed by atoms with E-state index in [-0.39, 0.29) is 30.1 Å². The number of ketones is 1. The Hall–Kier alpha value is -2.72. The molecule has 0 unspecified atom stereocenters. The number of hydrogen-bond acceptors (Lipinski definition) is 5. The minimum absolute atomic E-state index is 0.00672. The van der Waals surface area contributed by atoms with Gasteiger partial charge < -0.3 is 9.80 Å². The van der Waals surface area contributed by atoms with Crippen molar-refractivity contribution in [3.8, 4) is 6.07 Å². The number of anilines is 1. The van der Waals surface area contributed by atoms with Gasteiger partial charge >= 0.3 is 0 Å². The Kier molecular flexibility index (Phi) is 6.10. The molecule has 3 rings (SSSR count). The summed E-state index contributed by atoms with van der Waals surface area (Å²) in [7, 11) is 0. The number of carbonyl (C=O) groups is 2. The lowest BCUT2D eigenvalue weighted by molar-refractivity contribution is -0.131. The molecule has 1 aliphatic heterocycles. The van der Waals surface area contributed by atoms with Gasteiger partial charge in [0, 0.05) is 54.3 Å². The minimum Gasteiger partial charge on any atom is -0.367 e. The Bertz CT molecular complexity index is 940. The van der Waals surface area contributed by atoms with Crippen LogP contribution in [0.3, 0.4) is 0 Å². The first-order valence-electron chi connectivity index (χ1n) is 9.22. The number of Topliss-reactive ketones (excluding diaryl/α,β-unsaturated/α-hetero) is 1. The molecule has 7 heteroatoms. The quantitative estimate of drug-likeness (QED) is 0.720. The Balaban J connectivity index is 1.54. The van der Waals surface area contributed by atoms with Gasteiger partial charge in [-0.2, -0.15) is 5.26 Å². The van der Waals surface area contributed by atoms with Crippen molar-refractivity contribution in [3.63, 3.8) is 0 Å². The molecular formula is C21H22FN3O2S. The third-order valence-corrected chi connectivity index (χ3v) is 5.95. The molecule has 2 aromatic rings. The van der Waals surface area contributed by atoms with Crippen LogP contribution < -0.4 is 4.90 Å². The molecule has 0 aliphatic carbocycles. The minimum atomic E-state index is -0.532. The SMILES string of the molecule is Cc1cc(C(=O)CCC(=O)N2CCN(c3cccc(F)c3C#N)CC2)c(C)s1. The maximum atomic E-state index is 13.8. The van der Waals surface area contributed by atoms with Crippen molar-refractivity contribution >= 4 is 28.7 Å². The molecule has 1 aliphatic rings. The predicted molar refractivity (Wildman–Crippen MR) is 107 cm³/mol. The van der Waals surface area contributed by atoms with Gasteiger partial charge in [-0.3, -0.25) is 9.59 Å². The number of amides is 1. The molecule has 1 amide bonds. The van der Waals surface area contributed by atoms with E-state index in [0.717, 1.165) is 15.3 Å². The Morgan fingerprint density at radius 3 is 2.50 bits per heavy atom. The fourth-order valence-corrected chi connectivity index (χ4v) is 4.45. The topological polar surface area (TPSA) is 64.4 Å². The highest BCUT2D eigenvalue weighted by molar-refractivity contribution is 7.12. The molecule has 1 aromatic heterocycles. The van der Waals surface area contributed by atoms with Crippen molar-refractivity contribution in [3.05, 3.63) is 51.0 Å². The molecule has 1 fully saturated rings. The summed E-state index contributed by atoms with van der Waals surface area (Å²) >= 11 is 1.59. The van der Waals surface area contributed by atoms with Crippen LogP contribution in [-0.2, 0) is 4.79 Å². The number of benzene rings is 1. The molecule has 1 saturated heterocycles. The van der Waals surface area contributed by atoms with Crippen molar-refractivity contribution in [2.75, 3.05) is 31.1 Å². The van der Waals surface area contributed by atoms with Crippen molar-refractivity contribution in [1.82, 2.24) is 4.90 Å². The first-order chi connectivity index (χ1) is 13.4. The number of nitrogens with zero attached hydrogens (tertiary/aromatic N) is 3. The van der Waals surface area contributed by atoms with E-state index in [1.807, 2.05) is 30.9 Å². The maximum Gasteiger partial charge on any atom is 0.223 e. The maximum absolute atomic E-state index is 13.8. The largest absolute Gasteiger partial charge is 0.367 e. The lowest BCUT2D eigenvalue weighted by atomic mass is 10.1. The van der Waals surface area contributed by atoms with E-state index in [1.54, 1.807) is 28.4 Å². The van der Waals surface area contributed by atoms with Crippen LogP contribution in [0.2, 0.25) is 0 Å². The molecule has 5 nitrogen and oxygen atoms in total. The molecule has 0 N–H and O–H groups in total. The van der Waals surface area contributed by atoms with Crippen molar-refractivity contribution in [2.45, 2.75) is 26.7 Å². The highest BCUT2D eigenvalue weighted by Gasteiger charge is 2.24. The summed E-state index contributed by atoms with van der Waals surface area (Å²) in [5, 5.41) is 9.19. The zero-order chi connectivity index (χ0) is 20.3. The van der Waals surface area contributed by atoms with Gasteiger partial charge in [0.25, 0.3) is 0 Å². The number of aryl methyl sites for hydroxylation is 2. The first kappa shape index (κ1) is 20.0. The molecule has 0 radical (unpaired) electrons. The van der Waals surface area contributed by atoms with Crippen LogP contribution in [0, 0.1) is 31.0 Å². The van der Waals surface area contributed by atoms with Crippen LogP contribution in [-0.4, -0.2) is 42.8 Å². The molecule has 0 spiro atoms. The zero-order valence-corrected chi connectivity index (χ0v) is 16.8. The second-order valence-corrected chi connectivity index (χ2v) is 8.32. The summed E-state index contributed by atoms with van der Waals surface area (Å²) in [6.07, 6.45) is 0.398. The molecule has 2 heterocycles. The van der Waals surface area contributed by atoms with Crippen LogP contribution in [0.25, 0.3) is 0 Å². The number of halogens is 1. The Morgan fingerprint density at radius 2 is 1.89 bits per heavy atom. The van der Waals surface area contributed by atoms with Crippen LogP contribution >= 0.6 is 11.3 Å². The van der Waals surface area contributed by atoms with Crippen molar-refractivity contribution in [2.24, 2.45) is 0 Å². The van der Waals surface area contributed by atoms with Gasteiger partial charge in [0.15, 0.2) is 5.78 Å². The van der Waals surface area contributed by atoms with Crippen molar-refractivity contribution < 1.29 is 14.0 Å². The van der Waals surface area contributed by atoms with Crippen LogP contribution in [0.5, 0.6) is 0 Å². The van der Waals surface area contributed by atoms with Crippen LogP contribution in [0.4, 0.5) is 10.1 Å². The fourth-order valence-electron chi connectivity index (χ4n) is 3.50. The number of piperazine rings is 1. The second-order valence-electron chi connectivity index (χ2n) is 6.86. The summed E-state index contributed by atoms with van der Waals surface area (Å²) < 4.78 is 13.8. The average Bonchev–Trinajstić information content (AvgIpc) is 3.04. The highest BCUT2D eigenvalue weighted by atomic mass is 32.1. The number of rotatable bonds is 5. The zero-order valence-electron chi connectivity index (χ0n) is 16.0. The lowest BCUT2D eigenvalue weighted by Gasteiger charge is -2.36. The van der Waals surface area contributed by atoms with Crippen LogP contribution in [0.15, 0.2) is 24.3 Å². The van der Waals surface area contributed by atoms with E-state index in [4.69, 9.17) is 0 Å². The van der Waals surface area contributed by atoms with E-state index >= 15 is 0 Å². The second kappa shape index (κ2) is 8.53. The van der Waals surface area contributed by atoms with Crippen LogP contribution in [0.1, 0.15) is 38.5 Å². The molecule has 28 heavy (non-hydrogen) atoms. The fraction of sp³-hybridized carbons (Fsp3) is 0.381. The van der Waals surface area contributed by atoms with Crippen molar-refractivity contribution in [1.29, 1.82) is 5.26 Å². The van der Waals surface area contributed by atoms with E-state index in [1.165, 1.54) is 6.07 Å². The highest BCUT2D eigenvalue weighted by Crippen LogP contribution is 2.25. The Morgan fingerprint density at radius 1 is 1.18 bits per heavy atom. The van der Waals surface area contributed by atoms with E-state index in [0.29, 0.717) is 31.9 Å². The first-order valence-corrected chi connectivity index (χ1v) is 10.0. The van der Waals surface area contributed by atoms with E-state index in [9.17, 15) is 19.2 Å². The summed E-state index contributed by atoms with van der Waals surface area (Å²) in [6.45, 7) is 5.93. The van der Waals surface area contributed by atoms with Gasteiger partial charge in [0.05, 0.1) is 5.69 Å². The summed E-state index contributed by atoms with van der Waals surface area (Å²) in [5.74, 6) is -0.569. The predicted octanol–water partition coefficient (Wildman–Crippen LogP) is 3.69. The molecule has 146 valence electrons. The van der Waals surface area contributed by atoms with Gasteiger partial charge in [-0.15, -0.1) is 11.3 Å². The molecule has 0 bridgehead atoms. The standard InChI is InChI=1S/C21H22FN3O2S/c1-14-12-16(15(2)28-14)20(26)6-7-21(27)25-10-8-24(9-11-25)19-5-3-4-18(22)17(19)13-23/h3-5,12H,6-11H2,1-2H3. The third kappa shape index (κ3) is 4.23. The number of nitriles is 1. The Labute approximate surface area is 168 Å². The number of thiophene rings is 1. The normalized spacial score (nSPS) is 14.1. The molecule has 0 saturated carbocycles. The lowest BCUT2D eigenvalue weighted by Crippen LogP contribution is -2.49. The monoisotopic (exact) mass is 399 g/mol. The van der Waals surface area contributed by atoms with Gasteiger partial charge in [0.1, 0.15) is 17.4 Å².